The van der Waals surface area contributed by atoms with Crippen molar-refractivity contribution in [2.75, 3.05) is 27.3 Å². The van der Waals surface area contributed by atoms with Gasteiger partial charge in [0.25, 0.3) is 11.8 Å². The lowest BCUT2D eigenvalue weighted by Crippen LogP contribution is -2.50. The number of rotatable bonds is 18. The molecule has 0 bridgehead atoms. The van der Waals surface area contributed by atoms with Crippen molar-refractivity contribution in [1.29, 1.82) is 10.5 Å². The van der Waals surface area contributed by atoms with Crippen molar-refractivity contribution in [3.63, 3.8) is 0 Å². The van der Waals surface area contributed by atoms with Gasteiger partial charge in [0.1, 0.15) is 47.1 Å². The number of H-pyrrole nitrogens is 2. The number of nitrogens with zero attached hydrogens (tertiary/aromatic N) is 2. The van der Waals surface area contributed by atoms with Crippen molar-refractivity contribution < 1.29 is 38.2 Å². The van der Waals surface area contributed by atoms with E-state index in [2.05, 4.69) is 54.0 Å². The molecule has 6 amide bonds. The normalized spacial score (nSPS) is 19.8. The molecule has 4 aromatic rings. The number of aromatic amines is 2. The number of piperidine rings is 2. The van der Waals surface area contributed by atoms with Crippen molar-refractivity contribution in [2.45, 2.75) is 101 Å². The van der Waals surface area contributed by atoms with E-state index in [1.165, 1.54) is 0 Å². The lowest BCUT2D eigenvalue weighted by Gasteiger charge is -2.25. The highest BCUT2D eigenvalue weighted by Gasteiger charge is 2.35. The summed E-state index contributed by atoms with van der Waals surface area (Å²) in [5, 5.41) is 37.4. The summed E-state index contributed by atoms with van der Waals surface area (Å²) >= 11 is 0. The number of carbonyl (C=O) groups is 6. The molecule has 2 aromatic heterocycles. The van der Waals surface area contributed by atoms with Crippen LogP contribution >= 0.6 is 0 Å². The number of nitriles is 2. The number of benzene rings is 2. The van der Waals surface area contributed by atoms with Crippen LogP contribution in [0.1, 0.15) is 98.0 Å². The first kappa shape index (κ1) is 46.9. The van der Waals surface area contributed by atoms with Crippen molar-refractivity contribution >= 4 is 57.2 Å². The molecule has 8 N–H and O–H groups in total. The van der Waals surface area contributed by atoms with Crippen LogP contribution in [0.15, 0.2) is 48.5 Å². The van der Waals surface area contributed by atoms with E-state index in [1.807, 2.05) is 36.4 Å². The third-order valence-electron chi connectivity index (χ3n) is 12.7. The van der Waals surface area contributed by atoms with Crippen LogP contribution in [-0.4, -0.2) is 96.9 Å². The van der Waals surface area contributed by atoms with Crippen LogP contribution in [0.2, 0.25) is 0 Å². The van der Waals surface area contributed by atoms with Crippen LogP contribution in [0.4, 0.5) is 0 Å². The maximum Gasteiger partial charge on any atom is 0.268 e. The van der Waals surface area contributed by atoms with Crippen LogP contribution in [0.5, 0.6) is 11.5 Å². The summed E-state index contributed by atoms with van der Waals surface area (Å²) in [5.74, 6) is -0.245. The number of amides is 6. The maximum absolute atomic E-state index is 13.0. The Hall–Kier alpha value is -7.08. The molecule has 6 atom stereocenters. The molecule has 18 nitrogen and oxygen atoms in total. The number of hydrogen-bond donors (Lipinski definition) is 8. The second-order valence-corrected chi connectivity index (χ2v) is 17.7. The van der Waals surface area contributed by atoms with E-state index in [0.717, 1.165) is 60.3 Å². The van der Waals surface area contributed by atoms with Gasteiger partial charge in [-0.25, -0.2) is 0 Å². The Morgan fingerprint density at radius 3 is 1.38 bits per heavy atom. The van der Waals surface area contributed by atoms with E-state index in [-0.39, 0.29) is 36.5 Å². The Morgan fingerprint density at radius 1 is 0.621 bits per heavy atom. The van der Waals surface area contributed by atoms with Gasteiger partial charge in [0.15, 0.2) is 0 Å². The Morgan fingerprint density at radius 2 is 1.03 bits per heavy atom. The van der Waals surface area contributed by atoms with Gasteiger partial charge >= 0.3 is 0 Å². The van der Waals surface area contributed by atoms with Crippen LogP contribution < -0.4 is 41.4 Å². The highest BCUT2D eigenvalue weighted by Crippen LogP contribution is 2.35. The fraction of sp³-hybridized carbons (Fsp3) is 0.500. The molecule has 2 saturated carbocycles. The molecule has 4 aliphatic rings. The summed E-state index contributed by atoms with van der Waals surface area (Å²) in [5.41, 5.74) is 2.19. The summed E-state index contributed by atoms with van der Waals surface area (Å²) < 4.78 is 10.7. The maximum atomic E-state index is 13.0. The van der Waals surface area contributed by atoms with Gasteiger partial charge in [0.2, 0.25) is 23.6 Å². The Kier molecular flexibility index (Phi) is 15.4. The molecule has 348 valence electrons. The van der Waals surface area contributed by atoms with E-state index >= 15 is 0 Å². The van der Waals surface area contributed by atoms with E-state index in [1.54, 1.807) is 26.4 Å². The average Bonchev–Trinajstić information content (AvgIpc) is 4.24. The number of nitrogens with one attached hydrogen (secondary N) is 8. The number of fused-ring (bicyclic) bond motifs is 2. The van der Waals surface area contributed by atoms with Gasteiger partial charge in [0.05, 0.1) is 26.4 Å². The first-order valence-corrected chi connectivity index (χ1v) is 22.8. The molecule has 2 aliphatic heterocycles. The molecule has 2 aliphatic carbocycles. The van der Waals surface area contributed by atoms with Crippen LogP contribution in [0.25, 0.3) is 21.8 Å². The summed E-state index contributed by atoms with van der Waals surface area (Å²) in [7, 11) is 3.14. The van der Waals surface area contributed by atoms with Gasteiger partial charge in [-0.05, 0) is 99.6 Å². The third-order valence-corrected chi connectivity index (χ3v) is 12.7. The second-order valence-electron chi connectivity index (χ2n) is 17.7. The quantitative estimate of drug-likeness (QED) is 0.0711. The van der Waals surface area contributed by atoms with E-state index in [0.29, 0.717) is 73.5 Å². The largest absolute Gasteiger partial charge is 0.496 e. The molecule has 2 aromatic carbocycles. The molecule has 4 fully saturated rings. The SMILES string of the molecule is COc1cccc2[nH]c(C(=O)N[C@@H](CC3CC3)C(=O)N[C@H](C#N)C[C@@H]3CCCNC3=O)cc12.COc1cccc2[nH]c(C(=O)N[C@H](CC3CC3)C(=O)N[C@H](C#N)C[C@@H]3CCCNC3=O)cc12. The molecule has 0 unspecified atom stereocenters. The van der Waals surface area contributed by atoms with Crippen molar-refractivity contribution in [1.82, 2.24) is 41.9 Å². The molecular weight excluding hydrogens is 845 g/mol. The van der Waals surface area contributed by atoms with Gasteiger partial charge in [-0.2, -0.15) is 10.5 Å². The van der Waals surface area contributed by atoms with Gasteiger partial charge in [-0.3, -0.25) is 28.8 Å². The Bertz CT molecular complexity index is 2340. The third kappa shape index (κ3) is 12.2. The predicted octanol–water partition coefficient (Wildman–Crippen LogP) is 4.00. The first-order valence-electron chi connectivity index (χ1n) is 22.8. The van der Waals surface area contributed by atoms with Gasteiger partial charge in [-0.1, -0.05) is 37.8 Å². The zero-order chi connectivity index (χ0) is 46.7. The van der Waals surface area contributed by atoms with Crippen molar-refractivity contribution in [2.24, 2.45) is 23.7 Å². The zero-order valence-electron chi connectivity index (χ0n) is 37.3. The summed E-state index contributed by atoms with van der Waals surface area (Å²) in [6.45, 7) is 1.29. The van der Waals surface area contributed by atoms with Gasteiger partial charge < -0.3 is 51.3 Å². The van der Waals surface area contributed by atoms with Crippen LogP contribution in [-0.2, 0) is 19.2 Å². The van der Waals surface area contributed by atoms with Gasteiger partial charge in [-0.15, -0.1) is 0 Å². The van der Waals surface area contributed by atoms with Crippen molar-refractivity contribution in [3.8, 4) is 23.6 Å². The first-order chi connectivity index (χ1) is 32.0. The number of hydrogen-bond acceptors (Lipinski definition) is 10. The van der Waals surface area contributed by atoms with Crippen LogP contribution in [0.3, 0.4) is 0 Å². The lowest BCUT2D eigenvalue weighted by atomic mass is 9.92. The molecule has 2 saturated heterocycles. The number of ether oxygens (including phenoxy) is 2. The van der Waals surface area contributed by atoms with Crippen LogP contribution in [0, 0.1) is 46.3 Å². The molecule has 66 heavy (non-hydrogen) atoms. The molecule has 0 radical (unpaired) electrons. The van der Waals surface area contributed by atoms with E-state index in [9.17, 15) is 39.3 Å². The lowest BCUT2D eigenvalue weighted by molar-refractivity contribution is -0.128. The fourth-order valence-corrected chi connectivity index (χ4v) is 8.69. The number of aromatic nitrogens is 2. The monoisotopic (exact) mass is 902 g/mol. The highest BCUT2D eigenvalue weighted by molar-refractivity contribution is 6.02. The number of carbonyl (C=O) groups excluding carboxylic acids is 6. The number of methoxy groups -OCH3 is 2. The smallest absolute Gasteiger partial charge is 0.268 e. The average molecular weight is 903 g/mol. The Balaban J connectivity index is 0.000000196. The molecule has 8 rings (SSSR count). The summed E-state index contributed by atoms with van der Waals surface area (Å²) in [6, 6.07) is 15.5. The Labute approximate surface area is 382 Å². The highest BCUT2D eigenvalue weighted by atomic mass is 16.5. The van der Waals surface area contributed by atoms with E-state index in [4.69, 9.17) is 9.47 Å². The standard InChI is InChI=1S/2C24H29N5O4/c2*1-33-21-6-2-5-18-17(21)12-20(28-18)24(32)29-19(10-14-7-8-14)23(31)27-16(13-25)11-15-4-3-9-26-22(15)30/h2*2,5-6,12,14-16,19,28H,3-4,7-11H2,1H3,(H,26,30)(H,27,31)(H,29,32)/t15-,16-,19+;15-,16-,19-/m00/s1. The van der Waals surface area contributed by atoms with Gasteiger partial charge in [0, 0.05) is 46.7 Å². The molecule has 0 spiro atoms. The minimum Gasteiger partial charge on any atom is -0.496 e. The summed E-state index contributed by atoms with van der Waals surface area (Å²) in [4.78, 5) is 82.2. The minimum atomic E-state index is -0.790. The second kappa shape index (κ2) is 21.7. The minimum absolute atomic E-state index is 0.0761. The molecule has 18 heteroatoms. The van der Waals surface area contributed by atoms with E-state index < -0.39 is 47.8 Å². The zero-order valence-corrected chi connectivity index (χ0v) is 37.3. The molecule has 4 heterocycles. The summed E-state index contributed by atoms with van der Waals surface area (Å²) in [6.07, 6.45) is 8.77. The molecular formula is C48H58N10O8. The topological polar surface area (TPSA) is 272 Å². The predicted molar refractivity (Wildman–Crippen MR) is 243 cm³/mol. The fourth-order valence-electron chi connectivity index (χ4n) is 8.69. The van der Waals surface area contributed by atoms with Crippen molar-refractivity contribution in [3.05, 3.63) is 59.9 Å².